The summed E-state index contributed by atoms with van der Waals surface area (Å²) in [5.74, 6) is 0.603. The van der Waals surface area contributed by atoms with Gasteiger partial charge in [0.05, 0.1) is 9.52 Å². The fourth-order valence-corrected chi connectivity index (χ4v) is 6.58. The van der Waals surface area contributed by atoms with Gasteiger partial charge in [0.25, 0.3) is 0 Å². The fourth-order valence-electron chi connectivity index (χ4n) is 4.66. The number of hydrogen-bond acceptors (Lipinski definition) is 0. The smallest absolute Gasteiger partial charge is 0.0842 e. The molecule has 0 bridgehead atoms. The second-order valence-electron chi connectivity index (χ2n) is 8.28. The molecule has 0 saturated heterocycles. The average molecular weight is 395 g/mol. The van der Waals surface area contributed by atoms with Gasteiger partial charge < -0.3 is 0 Å². The van der Waals surface area contributed by atoms with Gasteiger partial charge in [-0.15, -0.1) is 0 Å². The topological polar surface area (TPSA) is 0 Å². The zero-order chi connectivity index (χ0) is 20.2. The first-order chi connectivity index (χ1) is 14.1. The van der Waals surface area contributed by atoms with Gasteiger partial charge in [0.15, 0.2) is 0 Å². The van der Waals surface area contributed by atoms with E-state index in [0.29, 0.717) is 5.92 Å². The Morgan fingerprint density at radius 3 is 2.03 bits per heavy atom. The molecule has 0 radical (unpaired) electrons. The summed E-state index contributed by atoms with van der Waals surface area (Å²) >= 11 is 0. The first-order valence-corrected chi connectivity index (χ1v) is 12.2. The molecule has 0 nitrogen and oxygen atoms in total. The molecular weight excluding hydrogens is 364 g/mol. The Labute approximate surface area is 177 Å². The molecule has 1 aliphatic rings. The first-order valence-electron chi connectivity index (χ1n) is 10.7. The van der Waals surface area contributed by atoms with Crippen molar-refractivity contribution in [3.8, 4) is 11.1 Å². The van der Waals surface area contributed by atoms with E-state index in [1.54, 1.807) is 10.8 Å². The van der Waals surface area contributed by atoms with Gasteiger partial charge in [0.2, 0.25) is 0 Å². The van der Waals surface area contributed by atoms with Gasteiger partial charge in [-0.3, -0.25) is 0 Å². The van der Waals surface area contributed by atoms with E-state index in [2.05, 4.69) is 106 Å². The van der Waals surface area contributed by atoms with E-state index in [1.165, 1.54) is 45.9 Å². The van der Waals surface area contributed by atoms with Crippen LogP contribution in [-0.2, 0) is 0 Å². The summed E-state index contributed by atoms with van der Waals surface area (Å²) in [5.41, 5.74) is 8.60. The third-order valence-corrected chi connectivity index (χ3v) is 8.19. The van der Waals surface area contributed by atoms with Crippen molar-refractivity contribution in [1.82, 2.24) is 0 Å². The van der Waals surface area contributed by atoms with Crippen molar-refractivity contribution in [2.24, 2.45) is 5.92 Å². The van der Waals surface area contributed by atoms with Gasteiger partial charge in [0, 0.05) is 0 Å². The van der Waals surface area contributed by atoms with E-state index in [1.807, 2.05) is 0 Å². The number of aryl methyl sites for hydroxylation is 1. The Hall–Kier alpha value is -2.64. The lowest BCUT2D eigenvalue weighted by atomic mass is 9.88. The van der Waals surface area contributed by atoms with Crippen LogP contribution in [0.3, 0.4) is 0 Å². The molecule has 0 saturated carbocycles. The molecule has 29 heavy (non-hydrogen) atoms. The number of hydrogen-bond donors (Lipinski definition) is 0. The Morgan fingerprint density at radius 1 is 0.724 bits per heavy atom. The van der Waals surface area contributed by atoms with E-state index in [4.69, 9.17) is 0 Å². The van der Waals surface area contributed by atoms with Crippen LogP contribution in [0.1, 0.15) is 37.8 Å². The maximum atomic E-state index is 2.39. The van der Waals surface area contributed by atoms with Crippen LogP contribution in [0.15, 0.2) is 90.5 Å². The predicted molar refractivity (Wildman–Crippen MR) is 131 cm³/mol. The minimum atomic E-state index is -0.612. The van der Waals surface area contributed by atoms with E-state index in [9.17, 15) is 0 Å². The molecule has 1 aliphatic carbocycles. The van der Waals surface area contributed by atoms with Crippen LogP contribution in [0.5, 0.6) is 0 Å². The molecule has 4 rings (SSSR count). The zero-order valence-electron chi connectivity index (χ0n) is 17.8. The Balaban J connectivity index is 1.79. The fraction of sp³-hybridized carbons (Fsp3) is 0.214. The molecule has 1 atom stereocenters. The number of rotatable bonds is 4. The van der Waals surface area contributed by atoms with Crippen molar-refractivity contribution in [3.63, 3.8) is 0 Å². The molecule has 0 aromatic heterocycles. The van der Waals surface area contributed by atoms with E-state index in [-0.39, 0.29) is 0 Å². The Kier molecular flexibility index (Phi) is 5.96. The monoisotopic (exact) mass is 394 g/mol. The lowest BCUT2D eigenvalue weighted by Gasteiger charge is -2.21. The molecule has 0 spiro atoms. The summed E-state index contributed by atoms with van der Waals surface area (Å²) in [6.45, 7) is 6.90. The second-order valence-corrected chi connectivity index (χ2v) is 10.2. The Bertz CT molecular complexity index is 1070. The van der Waals surface area contributed by atoms with Crippen LogP contribution in [0.2, 0.25) is 0 Å². The molecule has 0 N–H and O–H groups in total. The predicted octanol–water partition coefficient (Wildman–Crippen LogP) is 5.54. The molecule has 0 heterocycles. The number of allylic oxidation sites excluding steroid dienone is 4. The van der Waals surface area contributed by atoms with Crippen molar-refractivity contribution >= 4 is 25.5 Å². The average Bonchev–Trinajstić information content (AvgIpc) is 2.90. The summed E-state index contributed by atoms with van der Waals surface area (Å²) in [6, 6.07) is 27.0. The minimum Gasteiger partial charge on any atom is -0.0842 e. The Morgan fingerprint density at radius 2 is 1.31 bits per heavy atom. The molecule has 3 aromatic rings. The van der Waals surface area contributed by atoms with Gasteiger partial charge in [-0.1, -0.05) is 102 Å². The molecule has 0 fully saturated rings. The molecule has 0 amide bonds. The van der Waals surface area contributed by atoms with Crippen molar-refractivity contribution < 1.29 is 0 Å². The standard InChI is InChI=1S/C28H30Si/c1-20-12-6-7-15-23(20)24-16-8-10-18-26(24)29-27-19-11-9-17-25(27)28-21(2)13-4-5-14-22(28)3/h4,6-13,15-19,22H,5,14,29H2,1-3H3. The lowest BCUT2D eigenvalue weighted by molar-refractivity contribution is 0.678. The third-order valence-electron chi connectivity index (χ3n) is 6.19. The third kappa shape index (κ3) is 4.20. The summed E-state index contributed by atoms with van der Waals surface area (Å²) in [5, 5.41) is 3.09. The normalized spacial score (nSPS) is 17.1. The molecular formula is C28H30Si. The molecule has 146 valence electrons. The van der Waals surface area contributed by atoms with Crippen molar-refractivity contribution in [2.75, 3.05) is 0 Å². The van der Waals surface area contributed by atoms with Crippen LogP contribution in [0, 0.1) is 12.8 Å². The van der Waals surface area contributed by atoms with Gasteiger partial charge in [-0.25, -0.2) is 0 Å². The van der Waals surface area contributed by atoms with E-state index >= 15 is 0 Å². The van der Waals surface area contributed by atoms with Crippen molar-refractivity contribution in [3.05, 3.63) is 102 Å². The van der Waals surface area contributed by atoms with Gasteiger partial charge in [-0.05, 0) is 66.0 Å². The highest BCUT2D eigenvalue weighted by atomic mass is 28.2. The summed E-state index contributed by atoms with van der Waals surface area (Å²) in [4.78, 5) is 0. The first kappa shape index (κ1) is 19.7. The SMILES string of the molecule is CC1=C(c2ccccc2[SiH2]c2ccccc2-c2ccccc2C)C(C)CCC=C1. The molecule has 1 unspecified atom stereocenters. The minimum absolute atomic E-state index is 0.603. The molecule has 1 heteroatoms. The van der Waals surface area contributed by atoms with Crippen molar-refractivity contribution in [1.29, 1.82) is 0 Å². The molecule has 0 aliphatic heterocycles. The highest BCUT2D eigenvalue weighted by Gasteiger charge is 2.18. The molecule has 3 aromatic carbocycles. The number of benzene rings is 3. The van der Waals surface area contributed by atoms with Gasteiger partial charge in [-0.2, -0.15) is 0 Å². The van der Waals surface area contributed by atoms with E-state index in [0.717, 1.165) is 0 Å². The second kappa shape index (κ2) is 8.80. The highest BCUT2D eigenvalue weighted by molar-refractivity contribution is 6.69. The van der Waals surface area contributed by atoms with Crippen LogP contribution in [-0.4, -0.2) is 9.52 Å². The van der Waals surface area contributed by atoms with Crippen LogP contribution in [0.4, 0.5) is 0 Å². The maximum Gasteiger partial charge on any atom is 0.0891 e. The van der Waals surface area contributed by atoms with Crippen LogP contribution in [0.25, 0.3) is 16.7 Å². The van der Waals surface area contributed by atoms with E-state index < -0.39 is 9.52 Å². The summed E-state index contributed by atoms with van der Waals surface area (Å²) in [6.07, 6.45) is 7.08. The summed E-state index contributed by atoms with van der Waals surface area (Å²) in [7, 11) is -0.612. The van der Waals surface area contributed by atoms with Crippen LogP contribution >= 0.6 is 0 Å². The largest absolute Gasteiger partial charge is 0.0891 e. The van der Waals surface area contributed by atoms with Gasteiger partial charge in [0.1, 0.15) is 0 Å². The van der Waals surface area contributed by atoms with Crippen LogP contribution < -0.4 is 10.4 Å². The van der Waals surface area contributed by atoms with Crippen molar-refractivity contribution in [2.45, 2.75) is 33.6 Å². The lowest BCUT2D eigenvalue weighted by Crippen LogP contribution is -2.31. The maximum absolute atomic E-state index is 2.39. The quantitative estimate of drug-likeness (QED) is 0.510. The van der Waals surface area contributed by atoms with Gasteiger partial charge >= 0.3 is 0 Å². The zero-order valence-corrected chi connectivity index (χ0v) is 19.2. The summed E-state index contributed by atoms with van der Waals surface area (Å²) < 4.78 is 0. The highest BCUT2D eigenvalue weighted by Crippen LogP contribution is 2.32.